The average Bonchev–Trinajstić information content (AvgIpc) is 3.24. The van der Waals surface area contributed by atoms with Crippen molar-refractivity contribution in [2.45, 2.75) is 38.9 Å². The van der Waals surface area contributed by atoms with Crippen LogP contribution in [-0.4, -0.2) is 35.6 Å². The SMILES string of the molecule is Cc1nnc2n1CC(NCc1ccc(-n3cncn3)c(F)c1)CC2. The van der Waals surface area contributed by atoms with Crippen molar-refractivity contribution in [3.05, 3.63) is 53.9 Å². The Hall–Kier alpha value is -2.61. The second-order valence-corrected chi connectivity index (χ2v) is 6.02. The summed E-state index contributed by atoms with van der Waals surface area (Å²) in [4.78, 5) is 3.84. The molecule has 1 aliphatic rings. The summed E-state index contributed by atoms with van der Waals surface area (Å²) in [6.07, 6.45) is 4.80. The van der Waals surface area contributed by atoms with Crippen LogP contribution in [-0.2, 0) is 19.5 Å². The van der Waals surface area contributed by atoms with E-state index in [1.807, 2.05) is 13.0 Å². The van der Waals surface area contributed by atoms with Gasteiger partial charge in [0.05, 0.1) is 0 Å². The molecule has 0 aliphatic carbocycles. The van der Waals surface area contributed by atoms with Gasteiger partial charge in [0, 0.05) is 25.6 Å². The normalized spacial score (nSPS) is 17.0. The van der Waals surface area contributed by atoms with Crippen LogP contribution in [0.25, 0.3) is 5.69 Å². The molecule has 1 aliphatic heterocycles. The number of nitrogens with one attached hydrogen (secondary N) is 1. The average molecular weight is 327 g/mol. The molecule has 1 unspecified atom stereocenters. The van der Waals surface area contributed by atoms with Gasteiger partial charge in [0.2, 0.25) is 0 Å². The van der Waals surface area contributed by atoms with Crippen molar-refractivity contribution < 1.29 is 4.39 Å². The smallest absolute Gasteiger partial charge is 0.149 e. The molecule has 8 heteroatoms. The molecule has 0 radical (unpaired) electrons. The Morgan fingerprint density at radius 1 is 1.33 bits per heavy atom. The topological polar surface area (TPSA) is 73.5 Å². The summed E-state index contributed by atoms with van der Waals surface area (Å²) in [7, 11) is 0. The van der Waals surface area contributed by atoms with Crippen LogP contribution in [0.2, 0.25) is 0 Å². The van der Waals surface area contributed by atoms with Gasteiger partial charge < -0.3 is 9.88 Å². The maximum Gasteiger partial charge on any atom is 0.149 e. The summed E-state index contributed by atoms with van der Waals surface area (Å²) in [5, 5.41) is 15.8. The number of aryl methyl sites for hydroxylation is 2. The summed E-state index contributed by atoms with van der Waals surface area (Å²) in [5.74, 6) is 1.69. The number of benzene rings is 1. The lowest BCUT2D eigenvalue weighted by atomic mass is 10.1. The summed E-state index contributed by atoms with van der Waals surface area (Å²) in [6.45, 7) is 3.44. The van der Waals surface area contributed by atoms with E-state index >= 15 is 0 Å². The van der Waals surface area contributed by atoms with E-state index in [9.17, 15) is 4.39 Å². The van der Waals surface area contributed by atoms with Crippen molar-refractivity contribution >= 4 is 0 Å². The molecule has 0 amide bonds. The zero-order valence-corrected chi connectivity index (χ0v) is 13.4. The largest absolute Gasteiger partial charge is 0.314 e. The van der Waals surface area contributed by atoms with E-state index in [0.29, 0.717) is 18.3 Å². The highest BCUT2D eigenvalue weighted by Crippen LogP contribution is 2.17. The third-order valence-corrected chi connectivity index (χ3v) is 4.40. The fourth-order valence-electron chi connectivity index (χ4n) is 3.07. The van der Waals surface area contributed by atoms with Crippen molar-refractivity contribution in [3.8, 4) is 5.69 Å². The Morgan fingerprint density at radius 2 is 2.25 bits per heavy atom. The van der Waals surface area contributed by atoms with Gasteiger partial charge in [0.15, 0.2) is 0 Å². The maximum absolute atomic E-state index is 14.3. The number of aromatic nitrogens is 6. The zero-order valence-electron chi connectivity index (χ0n) is 13.4. The molecule has 1 aromatic carbocycles. The van der Waals surface area contributed by atoms with Crippen LogP contribution in [0.4, 0.5) is 4.39 Å². The van der Waals surface area contributed by atoms with E-state index in [-0.39, 0.29) is 5.82 Å². The third kappa shape index (κ3) is 2.80. The molecule has 1 N–H and O–H groups in total. The lowest BCUT2D eigenvalue weighted by Gasteiger charge is -2.25. The fourth-order valence-corrected chi connectivity index (χ4v) is 3.07. The van der Waals surface area contributed by atoms with Gasteiger partial charge in [0.25, 0.3) is 0 Å². The molecule has 3 heterocycles. The van der Waals surface area contributed by atoms with Crippen LogP contribution in [0.3, 0.4) is 0 Å². The molecule has 4 rings (SSSR count). The standard InChI is InChI=1S/C16H18FN7/c1-11-21-22-16-5-3-13(8-23(11)16)19-7-12-2-4-15(14(17)6-12)24-10-18-9-20-24/h2,4,6,9-10,13,19H,3,5,7-8H2,1H3. The van der Waals surface area contributed by atoms with Crippen molar-refractivity contribution in [3.63, 3.8) is 0 Å². The van der Waals surface area contributed by atoms with Crippen molar-refractivity contribution in [2.75, 3.05) is 0 Å². The predicted octanol–water partition coefficient (Wildman–Crippen LogP) is 1.41. The molecule has 0 saturated carbocycles. The maximum atomic E-state index is 14.3. The third-order valence-electron chi connectivity index (χ3n) is 4.40. The summed E-state index contributed by atoms with van der Waals surface area (Å²) < 4.78 is 17.8. The first-order valence-electron chi connectivity index (χ1n) is 7.96. The Bertz CT molecular complexity index is 840. The lowest BCUT2D eigenvalue weighted by Crippen LogP contribution is -2.37. The number of rotatable bonds is 4. The van der Waals surface area contributed by atoms with Gasteiger partial charge in [-0.25, -0.2) is 14.1 Å². The number of fused-ring (bicyclic) bond motifs is 1. The molecule has 3 aromatic rings. The van der Waals surface area contributed by atoms with Gasteiger partial charge in [-0.1, -0.05) is 6.07 Å². The summed E-state index contributed by atoms with van der Waals surface area (Å²) in [5.41, 5.74) is 1.31. The van der Waals surface area contributed by atoms with Crippen molar-refractivity contribution in [1.29, 1.82) is 0 Å². The van der Waals surface area contributed by atoms with Gasteiger partial charge in [-0.2, -0.15) is 5.10 Å². The van der Waals surface area contributed by atoms with E-state index in [1.54, 1.807) is 12.1 Å². The van der Waals surface area contributed by atoms with Crippen molar-refractivity contribution in [2.24, 2.45) is 0 Å². The van der Waals surface area contributed by atoms with Crippen LogP contribution in [0.1, 0.15) is 23.6 Å². The molecule has 0 saturated heterocycles. The van der Waals surface area contributed by atoms with E-state index in [1.165, 1.54) is 17.3 Å². The van der Waals surface area contributed by atoms with Crippen molar-refractivity contribution in [1.82, 2.24) is 34.8 Å². The quantitative estimate of drug-likeness (QED) is 0.784. The van der Waals surface area contributed by atoms with E-state index < -0.39 is 0 Å². The first-order chi connectivity index (χ1) is 11.7. The number of nitrogens with zero attached hydrogens (tertiary/aromatic N) is 6. The van der Waals surface area contributed by atoms with Crippen LogP contribution < -0.4 is 5.32 Å². The molecule has 124 valence electrons. The van der Waals surface area contributed by atoms with E-state index in [4.69, 9.17) is 0 Å². The second-order valence-electron chi connectivity index (χ2n) is 6.02. The molecule has 0 spiro atoms. The molecule has 2 aromatic heterocycles. The Labute approximate surface area is 138 Å². The second kappa shape index (κ2) is 6.12. The number of hydrogen-bond donors (Lipinski definition) is 1. The van der Waals surface area contributed by atoms with Gasteiger partial charge >= 0.3 is 0 Å². The van der Waals surface area contributed by atoms with Gasteiger partial charge in [-0.05, 0) is 31.0 Å². The van der Waals surface area contributed by atoms with E-state index in [0.717, 1.165) is 36.6 Å². The van der Waals surface area contributed by atoms with Crippen LogP contribution in [0, 0.1) is 12.7 Å². The Morgan fingerprint density at radius 3 is 3.04 bits per heavy atom. The molecular formula is C16H18FN7. The van der Waals surface area contributed by atoms with Crippen LogP contribution in [0.5, 0.6) is 0 Å². The van der Waals surface area contributed by atoms with E-state index in [2.05, 4.69) is 30.2 Å². The lowest BCUT2D eigenvalue weighted by molar-refractivity contribution is 0.375. The Balaban J connectivity index is 1.42. The minimum atomic E-state index is -0.305. The summed E-state index contributed by atoms with van der Waals surface area (Å²) in [6, 6.07) is 5.52. The Kier molecular flexibility index (Phi) is 3.81. The van der Waals surface area contributed by atoms with Crippen LogP contribution >= 0.6 is 0 Å². The molecule has 0 bridgehead atoms. The monoisotopic (exact) mass is 327 g/mol. The van der Waals surface area contributed by atoms with Gasteiger partial charge in [0.1, 0.15) is 35.8 Å². The predicted molar refractivity (Wildman–Crippen MR) is 85.0 cm³/mol. The van der Waals surface area contributed by atoms with Crippen LogP contribution in [0.15, 0.2) is 30.9 Å². The van der Waals surface area contributed by atoms with Gasteiger partial charge in [-0.15, -0.1) is 10.2 Å². The highest BCUT2D eigenvalue weighted by Gasteiger charge is 2.21. The molecule has 24 heavy (non-hydrogen) atoms. The highest BCUT2D eigenvalue weighted by atomic mass is 19.1. The highest BCUT2D eigenvalue weighted by molar-refractivity contribution is 5.35. The minimum absolute atomic E-state index is 0.305. The number of halogens is 1. The summed E-state index contributed by atoms with van der Waals surface area (Å²) >= 11 is 0. The molecular weight excluding hydrogens is 309 g/mol. The van der Waals surface area contributed by atoms with Gasteiger partial charge in [-0.3, -0.25) is 0 Å². The molecule has 1 atom stereocenters. The fraction of sp³-hybridized carbons (Fsp3) is 0.375. The molecule has 7 nitrogen and oxygen atoms in total. The zero-order chi connectivity index (χ0) is 16.5. The number of hydrogen-bond acceptors (Lipinski definition) is 5. The minimum Gasteiger partial charge on any atom is -0.314 e. The first kappa shape index (κ1) is 14.9. The molecule has 0 fully saturated rings. The first-order valence-corrected chi connectivity index (χ1v) is 7.96.